The summed E-state index contributed by atoms with van der Waals surface area (Å²) in [5.74, 6) is -0.240. The maximum Gasteiger partial charge on any atom is 0.270 e. The second kappa shape index (κ2) is 9.60. The number of thiazole rings is 1. The minimum Gasteiger partial charge on any atom is -0.301 e. The zero-order chi connectivity index (χ0) is 22.5. The number of aromatic nitrogens is 3. The fourth-order valence-electron chi connectivity index (χ4n) is 2.91. The Balaban J connectivity index is 1.44. The lowest BCUT2D eigenvalue weighted by molar-refractivity contribution is -0.113. The molecule has 0 bridgehead atoms. The summed E-state index contributed by atoms with van der Waals surface area (Å²) < 4.78 is 0. The first kappa shape index (κ1) is 21.5. The number of carbonyl (C=O) groups is 1. The SMILES string of the molecule is Cc1ccc(-c2csc(NC(=O)CSc3nc(-c4ccccc4)c(C#N)c(=O)[nH]3)n2)cc1. The van der Waals surface area contributed by atoms with Crippen molar-refractivity contribution in [2.24, 2.45) is 0 Å². The van der Waals surface area contributed by atoms with Crippen LogP contribution >= 0.6 is 23.1 Å². The number of amides is 1. The van der Waals surface area contributed by atoms with E-state index in [2.05, 4.69) is 20.3 Å². The number of carbonyl (C=O) groups excluding carboxylic acids is 1. The molecule has 0 aliphatic carbocycles. The van der Waals surface area contributed by atoms with Gasteiger partial charge in [0.15, 0.2) is 10.3 Å². The lowest BCUT2D eigenvalue weighted by atomic mass is 10.1. The van der Waals surface area contributed by atoms with Gasteiger partial charge in [0, 0.05) is 16.5 Å². The fraction of sp³-hybridized carbons (Fsp3) is 0.0870. The number of thioether (sulfide) groups is 1. The van der Waals surface area contributed by atoms with Gasteiger partial charge >= 0.3 is 0 Å². The van der Waals surface area contributed by atoms with E-state index >= 15 is 0 Å². The van der Waals surface area contributed by atoms with Gasteiger partial charge < -0.3 is 10.3 Å². The number of nitrogens with one attached hydrogen (secondary N) is 2. The molecular weight excluding hydrogens is 442 g/mol. The van der Waals surface area contributed by atoms with Crippen LogP contribution in [0.2, 0.25) is 0 Å². The van der Waals surface area contributed by atoms with Crippen molar-refractivity contribution in [1.82, 2.24) is 15.0 Å². The average Bonchev–Trinajstić information content (AvgIpc) is 3.26. The Hall–Kier alpha value is -3.74. The summed E-state index contributed by atoms with van der Waals surface area (Å²) in [7, 11) is 0. The van der Waals surface area contributed by atoms with E-state index in [9.17, 15) is 14.9 Å². The molecule has 0 atom stereocenters. The maximum absolute atomic E-state index is 12.4. The molecule has 0 unspecified atom stereocenters. The molecule has 2 N–H and O–H groups in total. The van der Waals surface area contributed by atoms with E-state index in [4.69, 9.17) is 0 Å². The number of aryl methyl sites for hydroxylation is 1. The van der Waals surface area contributed by atoms with E-state index in [1.165, 1.54) is 16.9 Å². The van der Waals surface area contributed by atoms with Crippen molar-refractivity contribution in [3.05, 3.63) is 81.5 Å². The summed E-state index contributed by atoms with van der Waals surface area (Å²) in [6.07, 6.45) is 0. The molecule has 32 heavy (non-hydrogen) atoms. The van der Waals surface area contributed by atoms with Crippen molar-refractivity contribution in [2.45, 2.75) is 12.1 Å². The summed E-state index contributed by atoms with van der Waals surface area (Å²) in [5.41, 5.74) is 3.30. The van der Waals surface area contributed by atoms with Crippen molar-refractivity contribution in [1.29, 1.82) is 5.26 Å². The van der Waals surface area contributed by atoms with E-state index < -0.39 is 5.56 Å². The largest absolute Gasteiger partial charge is 0.301 e. The van der Waals surface area contributed by atoms with Crippen LogP contribution in [-0.2, 0) is 4.79 Å². The molecule has 0 fully saturated rings. The van der Waals surface area contributed by atoms with Crippen molar-refractivity contribution in [2.75, 3.05) is 11.1 Å². The Labute approximate surface area is 192 Å². The van der Waals surface area contributed by atoms with E-state index in [-0.39, 0.29) is 22.4 Å². The monoisotopic (exact) mass is 459 g/mol. The van der Waals surface area contributed by atoms with Gasteiger partial charge in [-0.3, -0.25) is 9.59 Å². The van der Waals surface area contributed by atoms with Crippen molar-refractivity contribution < 1.29 is 4.79 Å². The Kier molecular flexibility index (Phi) is 6.44. The highest BCUT2D eigenvalue weighted by molar-refractivity contribution is 7.99. The van der Waals surface area contributed by atoms with Crippen LogP contribution in [0.25, 0.3) is 22.5 Å². The average molecular weight is 460 g/mol. The quantitative estimate of drug-likeness (QED) is 0.325. The second-order valence-corrected chi connectivity index (χ2v) is 8.64. The van der Waals surface area contributed by atoms with Crippen molar-refractivity contribution in [3.63, 3.8) is 0 Å². The van der Waals surface area contributed by atoms with Crippen LogP contribution in [0.5, 0.6) is 0 Å². The van der Waals surface area contributed by atoms with Crippen LogP contribution in [0.4, 0.5) is 5.13 Å². The molecule has 9 heteroatoms. The van der Waals surface area contributed by atoms with E-state index in [0.717, 1.165) is 23.0 Å². The Bertz CT molecular complexity index is 1360. The third-order valence-electron chi connectivity index (χ3n) is 4.49. The fourth-order valence-corrected chi connectivity index (χ4v) is 4.30. The Morgan fingerprint density at radius 3 is 2.59 bits per heavy atom. The van der Waals surface area contributed by atoms with Crippen molar-refractivity contribution in [3.8, 4) is 28.6 Å². The third-order valence-corrected chi connectivity index (χ3v) is 6.13. The molecule has 2 aromatic heterocycles. The first-order valence-electron chi connectivity index (χ1n) is 9.58. The van der Waals surface area contributed by atoms with Gasteiger partial charge in [0.1, 0.15) is 11.6 Å². The molecule has 2 heterocycles. The molecule has 4 aromatic rings. The van der Waals surface area contributed by atoms with Gasteiger partial charge in [0.2, 0.25) is 5.91 Å². The minimum atomic E-state index is -0.535. The maximum atomic E-state index is 12.4. The van der Waals surface area contributed by atoms with Gasteiger partial charge in [0.25, 0.3) is 5.56 Å². The molecule has 4 rings (SSSR count). The number of benzene rings is 2. The number of hydrogen-bond donors (Lipinski definition) is 2. The first-order valence-corrected chi connectivity index (χ1v) is 11.4. The topological polar surface area (TPSA) is 112 Å². The molecule has 0 aliphatic heterocycles. The molecule has 0 aliphatic rings. The van der Waals surface area contributed by atoms with E-state index in [1.54, 1.807) is 24.3 Å². The molecule has 7 nitrogen and oxygen atoms in total. The lowest BCUT2D eigenvalue weighted by Gasteiger charge is -2.06. The lowest BCUT2D eigenvalue weighted by Crippen LogP contribution is -2.17. The number of H-pyrrole nitrogens is 1. The Morgan fingerprint density at radius 1 is 1.12 bits per heavy atom. The van der Waals surface area contributed by atoms with E-state index in [0.29, 0.717) is 16.4 Å². The minimum absolute atomic E-state index is 0.0303. The molecule has 2 aromatic carbocycles. The van der Waals surface area contributed by atoms with Crippen LogP contribution in [-0.4, -0.2) is 26.6 Å². The number of hydrogen-bond acceptors (Lipinski definition) is 7. The van der Waals surface area contributed by atoms with Crippen LogP contribution in [0.3, 0.4) is 0 Å². The number of nitriles is 1. The number of aromatic amines is 1. The molecule has 0 spiro atoms. The molecule has 158 valence electrons. The Morgan fingerprint density at radius 2 is 1.88 bits per heavy atom. The van der Waals surface area contributed by atoms with Crippen LogP contribution in [0.1, 0.15) is 11.1 Å². The summed E-state index contributed by atoms with van der Waals surface area (Å²) in [6, 6.07) is 18.9. The molecule has 0 radical (unpaired) electrons. The molecule has 1 amide bonds. The summed E-state index contributed by atoms with van der Waals surface area (Å²) in [4.78, 5) is 36.1. The summed E-state index contributed by atoms with van der Waals surface area (Å²) in [5, 5.41) is 14.8. The second-order valence-electron chi connectivity index (χ2n) is 6.81. The summed E-state index contributed by atoms with van der Waals surface area (Å²) in [6.45, 7) is 2.02. The smallest absolute Gasteiger partial charge is 0.270 e. The van der Waals surface area contributed by atoms with Gasteiger partial charge in [0.05, 0.1) is 17.1 Å². The number of rotatable bonds is 6. The van der Waals surface area contributed by atoms with Crippen LogP contribution in [0, 0.1) is 18.3 Å². The van der Waals surface area contributed by atoms with Crippen LogP contribution < -0.4 is 10.9 Å². The predicted octanol–water partition coefficient (Wildman–Crippen LogP) is 4.47. The van der Waals surface area contributed by atoms with Crippen molar-refractivity contribution >= 4 is 34.1 Å². The van der Waals surface area contributed by atoms with Gasteiger partial charge in [-0.1, -0.05) is 71.9 Å². The highest BCUT2D eigenvalue weighted by Gasteiger charge is 2.15. The number of nitrogens with zero attached hydrogens (tertiary/aromatic N) is 3. The highest BCUT2D eigenvalue weighted by Crippen LogP contribution is 2.26. The van der Waals surface area contributed by atoms with Gasteiger partial charge in [-0.2, -0.15) is 5.26 Å². The predicted molar refractivity (Wildman–Crippen MR) is 127 cm³/mol. The van der Waals surface area contributed by atoms with Gasteiger partial charge in [-0.05, 0) is 6.92 Å². The third kappa shape index (κ3) is 4.94. The van der Waals surface area contributed by atoms with Gasteiger partial charge in [-0.15, -0.1) is 11.3 Å². The molecule has 0 saturated carbocycles. The van der Waals surface area contributed by atoms with E-state index in [1.807, 2.05) is 48.7 Å². The number of anilines is 1. The normalized spacial score (nSPS) is 10.5. The van der Waals surface area contributed by atoms with Gasteiger partial charge in [-0.25, -0.2) is 9.97 Å². The zero-order valence-electron chi connectivity index (χ0n) is 17.0. The van der Waals surface area contributed by atoms with Crippen LogP contribution in [0.15, 0.2) is 69.9 Å². The zero-order valence-corrected chi connectivity index (χ0v) is 18.6. The standard InChI is InChI=1S/C23H17N5O2S2/c1-14-7-9-15(10-8-14)18-12-31-22(25-18)26-19(29)13-32-23-27-20(16-5-3-2-4-6-16)17(11-24)21(30)28-23/h2-10,12H,13H2,1H3,(H,25,26,29)(H,27,28,30). The first-order chi connectivity index (χ1) is 15.5. The molecular formula is C23H17N5O2S2. The highest BCUT2D eigenvalue weighted by atomic mass is 32.2. The summed E-state index contributed by atoms with van der Waals surface area (Å²) >= 11 is 2.43. The molecule has 0 saturated heterocycles.